The van der Waals surface area contributed by atoms with Gasteiger partial charge in [0.05, 0.1) is 30.0 Å². The molecule has 5 nitrogen and oxygen atoms in total. The van der Waals surface area contributed by atoms with Crippen LogP contribution in [0.4, 0.5) is 0 Å². The molecular formula is C22H16N4O. The summed E-state index contributed by atoms with van der Waals surface area (Å²) in [5, 5.41) is 0.587. The van der Waals surface area contributed by atoms with E-state index in [1.54, 1.807) is 29.4 Å². The molecule has 0 bridgehead atoms. The van der Waals surface area contributed by atoms with Gasteiger partial charge < -0.3 is 4.40 Å². The minimum absolute atomic E-state index is 0.0514. The third kappa shape index (κ3) is 2.79. The number of aromatic nitrogens is 4. The quantitative estimate of drug-likeness (QED) is 0.497. The van der Waals surface area contributed by atoms with Crippen LogP contribution < -0.4 is 5.56 Å². The van der Waals surface area contributed by atoms with Gasteiger partial charge in [-0.15, -0.1) is 0 Å². The van der Waals surface area contributed by atoms with Crippen LogP contribution in [0, 0.1) is 0 Å². The second kappa shape index (κ2) is 6.21. The van der Waals surface area contributed by atoms with E-state index in [4.69, 9.17) is 0 Å². The van der Waals surface area contributed by atoms with Crippen molar-refractivity contribution >= 4 is 16.4 Å². The van der Waals surface area contributed by atoms with Crippen LogP contribution >= 0.6 is 0 Å². The normalized spacial score (nSPS) is 11.3. The fourth-order valence-corrected chi connectivity index (χ4v) is 3.33. The van der Waals surface area contributed by atoms with Gasteiger partial charge in [0.25, 0.3) is 5.56 Å². The molecule has 0 saturated carbocycles. The Hall–Kier alpha value is -3.73. The summed E-state index contributed by atoms with van der Waals surface area (Å²) < 4.78 is 3.74. The molecule has 27 heavy (non-hydrogen) atoms. The first kappa shape index (κ1) is 15.5. The van der Waals surface area contributed by atoms with Crippen LogP contribution in [-0.4, -0.2) is 18.9 Å². The maximum atomic E-state index is 12.6. The fraction of sp³-hybridized carbons (Fsp3) is 0.0455. The van der Waals surface area contributed by atoms with E-state index in [2.05, 4.69) is 63.0 Å². The average molecular weight is 352 g/mol. The van der Waals surface area contributed by atoms with E-state index in [1.165, 1.54) is 5.52 Å². The second-order valence-corrected chi connectivity index (χ2v) is 6.53. The van der Waals surface area contributed by atoms with Gasteiger partial charge in [-0.2, -0.15) is 0 Å². The number of hydrogen-bond acceptors (Lipinski definition) is 3. The van der Waals surface area contributed by atoms with E-state index in [0.29, 0.717) is 17.4 Å². The van der Waals surface area contributed by atoms with Crippen molar-refractivity contribution in [2.45, 2.75) is 6.54 Å². The molecule has 0 aliphatic heterocycles. The molecule has 5 heteroatoms. The maximum Gasteiger partial charge on any atom is 0.261 e. The van der Waals surface area contributed by atoms with Gasteiger partial charge in [0.1, 0.15) is 0 Å². The van der Waals surface area contributed by atoms with E-state index < -0.39 is 0 Å². The van der Waals surface area contributed by atoms with Crippen LogP contribution in [0.2, 0.25) is 0 Å². The molecule has 0 radical (unpaired) electrons. The topological polar surface area (TPSA) is 52.2 Å². The molecule has 0 saturated heterocycles. The molecule has 0 spiro atoms. The van der Waals surface area contributed by atoms with Gasteiger partial charge in [0.15, 0.2) is 0 Å². The smallest absolute Gasteiger partial charge is 0.261 e. The van der Waals surface area contributed by atoms with Crippen LogP contribution in [-0.2, 0) is 6.54 Å². The van der Waals surface area contributed by atoms with E-state index in [9.17, 15) is 4.79 Å². The summed E-state index contributed by atoms with van der Waals surface area (Å²) in [5.41, 5.74) is 5.09. The lowest BCUT2D eigenvalue weighted by Crippen LogP contribution is -2.21. The Morgan fingerprint density at radius 3 is 2.67 bits per heavy atom. The summed E-state index contributed by atoms with van der Waals surface area (Å²) in [5.74, 6) is 0. The van der Waals surface area contributed by atoms with Gasteiger partial charge in [-0.3, -0.25) is 14.3 Å². The Morgan fingerprint density at radius 1 is 0.926 bits per heavy atom. The third-order valence-corrected chi connectivity index (χ3v) is 4.79. The zero-order valence-corrected chi connectivity index (χ0v) is 14.5. The summed E-state index contributed by atoms with van der Waals surface area (Å²) in [7, 11) is 0. The second-order valence-electron chi connectivity index (χ2n) is 6.53. The van der Waals surface area contributed by atoms with Crippen LogP contribution in [0.1, 0.15) is 5.56 Å². The van der Waals surface area contributed by atoms with Crippen molar-refractivity contribution in [1.82, 2.24) is 18.9 Å². The SMILES string of the molecule is O=c1c2ccncc2ncn1Cc1ccc(-c2ccc3cccn3c2)cc1. The number of hydrogen-bond donors (Lipinski definition) is 0. The monoisotopic (exact) mass is 352 g/mol. The van der Waals surface area contributed by atoms with Crippen LogP contribution in [0.15, 0.2) is 90.5 Å². The summed E-state index contributed by atoms with van der Waals surface area (Å²) in [6.45, 7) is 0.487. The van der Waals surface area contributed by atoms with Crippen LogP contribution in [0.3, 0.4) is 0 Å². The van der Waals surface area contributed by atoms with E-state index >= 15 is 0 Å². The van der Waals surface area contributed by atoms with E-state index in [0.717, 1.165) is 16.7 Å². The van der Waals surface area contributed by atoms with Crippen molar-refractivity contribution in [2.24, 2.45) is 0 Å². The zero-order chi connectivity index (χ0) is 18.2. The Morgan fingerprint density at radius 2 is 1.78 bits per heavy atom. The lowest BCUT2D eigenvalue weighted by atomic mass is 10.1. The molecule has 5 rings (SSSR count). The van der Waals surface area contributed by atoms with Crippen molar-refractivity contribution in [2.75, 3.05) is 0 Å². The predicted octanol–water partition coefficient (Wildman–Crippen LogP) is 3.76. The molecular weight excluding hydrogens is 336 g/mol. The molecule has 0 amide bonds. The van der Waals surface area contributed by atoms with Crippen LogP contribution in [0.25, 0.3) is 27.5 Å². The van der Waals surface area contributed by atoms with Gasteiger partial charge in [-0.25, -0.2) is 4.98 Å². The zero-order valence-electron chi connectivity index (χ0n) is 14.5. The Bertz CT molecular complexity index is 1320. The summed E-state index contributed by atoms with van der Waals surface area (Å²) in [6, 6.07) is 18.3. The molecule has 0 aliphatic rings. The van der Waals surface area contributed by atoms with Gasteiger partial charge in [0, 0.05) is 24.1 Å². The number of fused-ring (bicyclic) bond motifs is 2. The van der Waals surface area contributed by atoms with Crippen molar-refractivity contribution in [1.29, 1.82) is 0 Å². The van der Waals surface area contributed by atoms with Crippen molar-refractivity contribution in [3.63, 3.8) is 0 Å². The number of rotatable bonds is 3. The molecule has 0 unspecified atom stereocenters. The first-order chi connectivity index (χ1) is 13.3. The first-order valence-corrected chi connectivity index (χ1v) is 8.73. The van der Waals surface area contributed by atoms with Crippen molar-refractivity contribution in [3.05, 3.63) is 102 Å². The molecule has 0 fully saturated rings. The van der Waals surface area contributed by atoms with Crippen molar-refractivity contribution < 1.29 is 0 Å². The molecule has 4 aromatic heterocycles. The number of benzene rings is 1. The number of nitrogens with zero attached hydrogens (tertiary/aromatic N) is 4. The molecule has 5 aromatic rings. The molecule has 130 valence electrons. The predicted molar refractivity (Wildman–Crippen MR) is 106 cm³/mol. The number of pyridine rings is 2. The molecule has 1 aromatic carbocycles. The highest BCUT2D eigenvalue weighted by atomic mass is 16.1. The van der Waals surface area contributed by atoms with Crippen LogP contribution in [0.5, 0.6) is 0 Å². The Balaban J connectivity index is 1.45. The van der Waals surface area contributed by atoms with Crippen molar-refractivity contribution in [3.8, 4) is 11.1 Å². The Labute approximate surface area is 155 Å². The highest BCUT2D eigenvalue weighted by molar-refractivity contribution is 5.75. The molecule has 4 heterocycles. The van der Waals surface area contributed by atoms with Gasteiger partial charge >= 0.3 is 0 Å². The maximum absolute atomic E-state index is 12.6. The third-order valence-electron chi connectivity index (χ3n) is 4.79. The summed E-state index contributed by atoms with van der Waals surface area (Å²) in [6.07, 6.45) is 8.97. The standard InChI is InChI=1S/C22H16N4O/c27-22-20-9-10-23-12-21(20)24-15-26(22)13-16-3-5-17(6-4-16)18-7-8-19-2-1-11-25(19)14-18/h1-12,14-15H,13H2. The molecule has 0 atom stereocenters. The first-order valence-electron chi connectivity index (χ1n) is 8.73. The van der Waals surface area contributed by atoms with Gasteiger partial charge in [-0.05, 0) is 41.0 Å². The largest absolute Gasteiger partial charge is 0.323 e. The minimum Gasteiger partial charge on any atom is -0.323 e. The van der Waals surface area contributed by atoms with Gasteiger partial charge in [0.2, 0.25) is 0 Å². The fourth-order valence-electron chi connectivity index (χ4n) is 3.33. The summed E-state index contributed by atoms with van der Waals surface area (Å²) in [4.78, 5) is 20.9. The molecule has 0 N–H and O–H groups in total. The van der Waals surface area contributed by atoms with E-state index in [1.807, 2.05) is 12.3 Å². The lowest BCUT2D eigenvalue weighted by Gasteiger charge is -2.08. The highest BCUT2D eigenvalue weighted by Crippen LogP contribution is 2.21. The molecule has 0 aliphatic carbocycles. The van der Waals surface area contributed by atoms with E-state index in [-0.39, 0.29) is 5.56 Å². The lowest BCUT2D eigenvalue weighted by molar-refractivity contribution is 0.748. The summed E-state index contributed by atoms with van der Waals surface area (Å²) >= 11 is 0. The average Bonchev–Trinajstić information content (AvgIpc) is 3.19. The van der Waals surface area contributed by atoms with Gasteiger partial charge in [-0.1, -0.05) is 30.3 Å². The highest BCUT2D eigenvalue weighted by Gasteiger charge is 2.05. The minimum atomic E-state index is -0.0514. The Kier molecular flexibility index (Phi) is 3.57.